The van der Waals surface area contributed by atoms with Crippen molar-refractivity contribution in [3.8, 4) is 0 Å². The standard InChI is InChI=1S/4C16H15NS/c2*1-9-5-6-14-13(7-9)17-15-11(3)8-10(2)12(4)16(15)18-14;2*1-9-5-6-13-14(7-9)18-16-12(4)10(2)8-11(3)15(16)17-13/h4*5-8H,2H2,1,3-4H3. The van der Waals surface area contributed by atoms with Gasteiger partial charge in [-0.3, -0.25) is 0 Å². The van der Waals surface area contributed by atoms with E-state index in [-0.39, 0.29) is 0 Å². The van der Waals surface area contributed by atoms with Crippen LogP contribution >= 0.6 is 47.0 Å². The predicted octanol–water partition coefficient (Wildman–Crippen LogP) is 13.8. The second kappa shape index (κ2) is 20.4. The van der Waals surface area contributed by atoms with E-state index in [9.17, 15) is 0 Å². The van der Waals surface area contributed by atoms with E-state index in [1.54, 1.807) is 0 Å². The predicted molar refractivity (Wildman–Crippen MR) is 309 cm³/mol. The van der Waals surface area contributed by atoms with Crippen LogP contribution in [0.5, 0.6) is 0 Å². The van der Waals surface area contributed by atoms with E-state index in [2.05, 4.69) is 206 Å². The van der Waals surface area contributed by atoms with Crippen LogP contribution in [0.2, 0.25) is 0 Å². The summed E-state index contributed by atoms with van der Waals surface area (Å²) in [6.07, 6.45) is 0. The number of fused-ring (bicyclic) bond motifs is 8. The Morgan fingerprint density at radius 3 is 0.833 bits per heavy atom. The second-order valence-electron chi connectivity index (χ2n) is 19.4. The van der Waals surface area contributed by atoms with Crippen molar-refractivity contribution in [2.75, 3.05) is 0 Å². The van der Waals surface area contributed by atoms with Crippen molar-refractivity contribution in [3.05, 3.63) is 206 Å². The number of benzene rings is 8. The Morgan fingerprint density at radius 1 is 0.278 bits per heavy atom. The summed E-state index contributed by atoms with van der Waals surface area (Å²) in [5.41, 5.74) is 19.2. The maximum atomic E-state index is 4.82. The molecule has 0 aromatic heterocycles. The van der Waals surface area contributed by atoms with Gasteiger partial charge in [0.2, 0.25) is 0 Å². The van der Waals surface area contributed by atoms with Gasteiger partial charge in [0, 0.05) is 39.2 Å². The SMILES string of the molecule is C=c1cc(C)c2c(c1C)Sc1cc(C)ccc1N=2.C=c1cc(C)c2c(c1C)Sc1cc(C)ccc1N=2.C=c1cc(C)c2c(c1C)Sc1ccc(C)cc1N=2.C=c1cc(C)c2c(c1C)Sc1ccc(C)cc1N=2. The van der Waals surface area contributed by atoms with Gasteiger partial charge < -0.3 is 0 Å². The first-order valence-corrected chi connectivity index (χ1v) is 27.4. The molecule has 12 rings (SSSR count). The van der Waals surface area contributed by atoms with Gasteiger partial charge in [0.05, 0.1) is 44.2 Å². The van der Waals surface area contributed by atoms with Gasteiger partial charge in [-0.25, -0.2) is 20.0 Å². The summed E-state index contributed by atoms with van der Waals surface area (Å²) in [6.45, 7) is 41.8. The zero-order valence-electron chi connectivity index (χ0n) is 43.5. The molecule has 0 saturated carbocycles. The van der Waals surface area contributed by atoms with Crippen LogP contribution in [0.1, 0.15) is 66.8 Å². The van der Waals surface area contributed by atoms with E-state index >= 15 is 0 Å². The maximum absolute atomic E-state index is 4.82. The molecule has 0 fully saturated rings. The zero-order chi connectivity index (χ0) is 51.4. The monoisotopic (exact) mass is 1010 g/mol. The highest BCUT2D eigenvalue weighted by atomic mass is 32.2. The minimum absolute atomic E-state index is 1.08. The third kappa shape index (κ3) is 10.1. The van der Waals surface area contributed by atoms with Gasteiger partial charge >= 0.3 is 0 Å². The summed E-state index contributed by atoms with van der Waals surface area (Å²) in [6, 6.07) is 34.2. The van der Waals surface area contributed by atoms with Gasteiger partial charge in [-0.05, 0) is 219 Å². The van der Waals surface area contributed by atoms with Gasteiger partial charge in [0.25, 0.3) is 0 Å². The number of hydrogen-bond acceptors (Lipinski definition) is 8. The smallest absolute Gasteiger partial charge is 0.0809 e. The number of hydrogen-bond donors (Lipinski definition) is 0. The quantitative estimate of drug-likeness (QED) is 0.152. The molecule has 0 amide bonds. The van der Waals surface area contributed by atoms with E-state index in [1.165, 1.54) is 106 Å². The summed E-state index contributed by atoms with van der Waals surface area (Å²) in [7, 11) is 0. The molecule has 0 saturated heterocycles. The fraction of sp³-hybridized carbons (Fsp3) is 0.188. The Morgan fingerprint density at radius 2 is 0.528 bits per heavy atom. The van der Waals surface area contributed by atoms with Crippen LogP contribution < -0.4 is 42.3 Å². The van der Waals surface area contributed by atoms with Gasteiger partial charge in [0.1, 0.15) is 0 Å². The minimum atomic E-state index is 1.08. The Bertz CT molecular complexity index is 3840. The normalized spacial score (nSPS) is 12.6. The third-order valence-corrected chi connectivity index (χ3v) is 18.5. The lowest BCUT2D eigenvalue weighted by Crippen LogP contribution is -2.20. The van der Waals surface area contributed by atoms with Crippen molar-refractivity contribution >= 4 is 96.1 Å². The molecule has 0 aliphatic carbocycles. The fourth-order valence-corrected chi connectivity index (χ4v) is 13.8. The molecule has 0 unspecified atom stereocenters. The Balaban J connectivity index is 0.000000119. The Hall–Kier alpha value is -6.16. The van der Waals surface area contributed by atoms with E-state index in [1.807, 2.05) is 47.0 Å². The largest absolute Gasteiger partial charge is 0.246 e. The van der Waals surface area contributed by atoms with Crippen molar-refractivity contribution in [2.45, 2.75) is 122 Å². The number of aryl methyl sites for hydroxylation is 8. The molecular formula is C64H60N4S4. The molecule has 8 aromatic rings. The molecule has 4 aliphatic rings. The molecule has 8 aromatic carbocycles. The molecule has 0 spiro atoms. The van der Waals surface area contributed by atoms with Crippen molar-refractivity contribution in [1.29, 1.82) is 0 Å². The average molecular weight is 1010 g/mol. The van der Waals surface area contributed by atoms with Gasteiger partial charge in [-0.2, -0.15) is 0 Å². The number of rotatable bonds is 0. The molecule has 0 N–H and O–H groups in total. The number of nitrogens with zero attached hydrogens (tertiary/aromatic N) is 4. The van der Waals surface area contributed by atoms with Crippen molar-refractivity contribution in [1.82, 2.24) is 0 Å². The minimum Gasteiger partial charge on any atom is -0.246 e. The topological polar surface area (TPSA) is 49.4 Å². The Kier molecular flexibility index (Phi) is 14.4. The molecule has 4 nitrogen and oxygen atoms in total. The molecular weight excluding hydrogens is 953 g/mol. The summed E-state index contributed by atoms with van der Waals surface area (Å²) >= 11 is 7.26. The third-order valence-electron chi connectivity index (χ3n) is 13.4. The van der Waals surface area contributed by atoms with Crippen LogP contribution in [0.4, 0.5) is 22.7 Å². The summed E-state index contributed by atoms with van der Waals surface area (Å²) in [4.78, 5) is 29.3. The lowest BCUT2D eigenvalue weighted by molar-refractivity contribution is 1.08. The van der Waals surface area contributed by atoms with Gasteiger partial charge in [-0.15, -0.1) is 0 Å². The van der Waals surface area contributed by atoms with Crippen LogP contribution in [0.25, 0.3) is 26.3 Å². The first-order valence-electron chi connectivity index (χ1n) is 24.1. The molecule has 0 radical (unpaired) electrons. The van der Waals surface area contributed by atoms with Gasteiger partial charge in [-0.1, -0.05) is 122 Å². The van der Waals surface area contributed by atoms with Crippen LogP contribution in [0.15, 0.2) is 156 Å². The van der Waals surface area contributed by atoms with Crippen molar-refractivity contribution < 1.29 is 0 Å². The van der Waals surface area contributed by atoms with Crippen LogP contribution in [-0.2, 0) is 0 Å². The van der Waals surface area contributed by atoms with E-state index in [0.29, 0.717) is 0 Å². The molecule has 4 aliphatic heterocycles. The molecule has 0 atom stereocenters. The molecule has 4 heterocycles. The lowest BCUT2D eigenvalue weighted by atomic mass is 10.1. The fourth-order valence-electron chi connectivity index (χ4n) is 8.93. The summed E-state index contributed by atoms with van der Waals surface area (Å²) in [5.74, 6) is 0. The summed E-state index contributed by atoms with van der Waals surface area (Å²) in [5, 5.41) is 8.86. The molecule has 72 heavy (non-hydrogen) atoms. The molecule has 8 heteroatoms. The molecule has 0 bridgehead atoms. The van der Waals surface area contributed by atoms with Crippen molar-refractivity contribution in [2.24, 2.45) is 20.0 Å². The van der Waals surface area contributed by atoms with Crippen LogP contribution in [0, 0.1) is 83.1 Å². The van der Waals surface area contributed by atoms with Crippen molar-refractivity contribution in [3.63, 3.8) is 0 Å². The van der Waals surface area contributed by atoms with Gasteiger partial charge in [0.15, 0.2) is 0 Å². The van der Waals surface area contributed by atoms with E-state index in [4.69, 9.17) is 20.0 Å². The highest BCUT2D eigenvalue weighted by molar-refractivity contribution is 8.00. The Labute approximate surface area is 441 Å². The average Bonchev–Trinajstić information content (AvgIpc) is 3.35. The summed E-state index contributed by atoms with van der Waals surface area (Å²) < 4.78 is 0. The van der Waals surface area contributed by atoms with Crippen LogP contribution in [0.3, 0.4) is 0 Å². The first-order chi connectivity index (χ1) is 34.2. The van der Waals surface area contributed by atoms with Crippen LogP contribution in [-0.4, -0.2) is 0 Å². The first kappa shape index (κ1) is 50.8. The maximum Gasteiger partial charge on any atom is 0.0809 e. The highest BCUT2D eigenvalue weighted by Crippen LogP contribution is 2.41. The molecule has 360 valence electrons. The van der Waals surface area contributed by atoms with E-state index < -0.39 is 0 Å². The van der Waals surface area contributed by atoms with E-state index in [0.717, 1.165) is 65.1 Å². The second-order valence-corrected chi connectivity index (χ2v) is 23.6. The zero-order valence-corrected chi connectivity index (χ0v) is 46.8. The highest BCUT2D eigenvalue weighted by Gasteiger charge is 2.19. The lowest BCUT2D eigenvalue weighted by Gasteiger charge is -2.16.